The first kappa shape index (κ1) is 17.9. The first-order valence-electron chi connectivity index (χ1n) is 8.92. The minimum absolute atomic E-state index is 0.0226. The Kier molecular flexibility index (Phi) is 4.47. The highest BCUT2D eigenvalue weighted by Gasteiger charge is 2.41. The van der Waals surface area contributed by atoms with E-state index in [0.29, 0.717) is 15.1 Å². The Morgan fingerprint density at radius 1 is 0.857 bits per heavy atom. The summed E-state index contributed by atoms with van der Waals surface area (Å²) in [4.78, 5) is 0. The fourth-order valence-electron chi connectivity index (χ4n) is 3.76. The second kappa shape index (κ2) is 7.00. The molecule has 0 unspecified atom stereocenters. The van der Waals surface area contributed by atoms with Gasteiger partial charge < -0.3 is 4.74 Å². The molecule has 0 aromatic heterocycles. The number of benzene rings is 3. The van der Waals surface area contributed by atoms with E-state index in [1.807, 2.05) is 71.7 Å². The lowest BCUT2D eigenvalue weighted by Crippen LogP contribution is -2.33. The van der Waals surface area contributed by atoms with Gasteiger partial charge in [-0.1, -0.05) is 65.1 Å². The fraction of sp³-hybridized carbons (Fsp3) is 0.136. The molecule has 0 spiro atoms. The zero-order valence-corrected chi connectivity index (χ0v) is 16.9. The van der Waals surface area contributed by atoms with Crippen LogP contribution in [0.1, 0.15) is 35.4 Å². The van der Waals surface area contributed by atoms with E-state index in [2.05, 4.69) is 0 Å². The summed E-state index contributed by atoms with van der Waals surface area (Å²) in [6, 6.07) is 21.2. The molecule has 3 aromatic carbocycles. The SMILES string of the molecule is Clc1ccc(C2=NN3[C@@H](c4ccccc4Cl)Oc4ccc(Cl)cc4[C@@H]3C2)cc1. The molecule has 0 saturated heterocycles. The van der Waals surface area contributed by atoms with Gasteiger partial charge in [0.05, 0.1) is 11.8 Å². The monoisotopic (exact) mass is 428 g/mol. The zero-order valence-electron chi connectivity index (χ0n) is 14.6. The lowest BCUT2D eigenvalue weighted by Gasteiger charge is -2.38. The van der Waals surface area contributed by atoms with Gasteiger partial charge in [-0.05, 0) is 42.0 Å². The summed E-state index contributed by atoms with van der Waals surface area (Å²) in [6.07, 6.45) is 0.344. The van der Waals surface area contributed by atoms with Crippen molar-refractivity contribution in [3.8, 4) is 5.75 Å². The first-order valence-corrected chi connectivity index (χ1v) is 10.1. The maximum absolute atomic E-state index is 6.48. The molecule has 5 rings (SSSR count). The van der Waals surface area contributed by atoms with Gasteiger partial charge >= 0.3 is 0 Å². The third-order valence-corrected chi connectivity index (χ3v) is 5.93. The summed E-state index contributed by atoms with van der Waals surface area (Å²) in [7, 11) is 0. The highest BCUT2D eigenvalue weighted by atomic mass is 35.5. The van der Waals surface area contributed by atoms with Gasteiger partial charge in [-0.25, -0.2) is 5.01 Å². The van der Waals surface area contributed by atoms with Gasteiger partial charge in [0.1, 0.15) is 5.75 Å². The zero-order chi connectivity index (χ0) is 19.3. The number of nitrogens with zero attached hydrogens (tertiary/aromatic N) is 2. The Balaban J connectivity index is 1.62. The molecular formula is C22H15Cl3N2O. The maximum Gasteiger partial charge on any atom is 0.215 e. The Hall–Kier alpha value is -2.20. The third-order valence-electron chi connectivity index (χ3n) is 5.10. The first-order chi connectivity index (χ1) is 13.6. The molecule has 0 amide bonds. The van der Waals surface area contributed by atoms with Crippen LogP contribution >= 0.6 is 34.8 Å². The lowest BCUT2D eigenvalue weighted by molar-refractivity contribution is -0.0189. The van der Waals surface area contributed by atoms with Crippen LogP contribution in [0, 0.1) is 0 Å². The molecule has 28 heavy (non-hydrogen) atoms. The van der Waals surface area contributed by atoms with Crippen molar-refractivity contribution in [2.24, 2.45) is 5.10 Å². The third kappa shape index (κ3) is 3.04. The molecule has 2 atom stereocenters. The molecule has 3 aromatic rings. The summed E-state index contributed by atoms with van der Waals surface area (Å²) in [5.41, 5.74) is 3.94. The number of rotatable bonds is 2. The summed E-state index contributed by atoms with van der Waals surface area (Å²) in [6.45, 7) is 0. The summed E-state index contributed by atoms with van der Waals surface area (Å²) in [5.74, 6) is 0.808. The van der Waals surface area contributed by atoms with E-state index < -0.39 is 6.23 Å². The minimum Gasteiger partial charge on any atom is -0.464 e. The second-order valence-electron chi connectivity index (χ2n) is 6.83. The minimum atomic E-state index is -0.405. The van der Waals surface area contributed by atoms with Gasteiger partial charge in [0, 0.05) is 32.6 Å². The quantitative estimate of drug-likeness (QED) is 0.443. The molecule has 6 heteroatoms. The van der Waals surface area contributed by atoms with Crippen LogP contribution in [0.25, 0.3) is 0 Å². The lowest BCUT2D eigenvalue weighted by atomic mass is 9.96. The van der Waals surface area contributed by atoms with E-state index in [0.717, 1.165) is 34.6 Å². The molecule has 0 bridgehead atoms. The van der Waals surface area contributed by atoms with Crippen LogP contribution in [0.4, 0.5) is 0 Å². The normalized spacial score (nSPS) is 20.2. The number of hydrogen-bond donors (Lipinski definition) is 0. The molecule has 0 fully saturated rings. The van der Waals surface area contributed by atoms with Crippen molar-refractivity contribution >= 4 is 40.5 Å². The largest absolute Gasteiger partial charge is 0.464 e. The average molecular weight is 430 g/mol. The van der Waals surface area contributed by atoms with E-state index in [1.54, 1.807) is 0 Å². The number of hydrazone groups is 1. The van der Waals surface area contributed by atoms with Crippen molar-refractivity contribution in [1.82, 2.24) is 5.01 Å². The molecule has 140 valence electrons. The van der Waals surface area contributed by atoms with Gasteiger partial charge in [-0.3, -0.25) is 0 Å². The van der Waals surface area contributed by atoms with E-state index in [-0.39, 0.29) is 6.04 Å². The molecule has 0 saturated carbocycles. The van der Waals surface area contributed by atoms with E-state index >= 15 is 0 Å². The van der Waals surface area contributed by atoms with Crippen molar-refractivity contribution < 1.29 is 4.74 Å². The summed E-state index contributed by atoms with van der Waals surface area (Å²) in [5, 5.41) is 8.94. The van der Waals surface area contributed by atoms with Crippen LogP contribution in [0.2, 0.25) is 15.1 Å². The molecule has 0 radical (unpaired) electrons. The Labute approximate surface area is 178 Å². The number of hydrogen-bond acceptors (Lipinski definition) is 3. The summed E-state index contributed by atoms with van der Waals surface area (Å²) >= 11 is 18.8. The summed E-state index contributed by atoms with van der Waals surface area (Å²) < 4.78 is 6.33. The van der Waals surface area contributed by atoms with Crippen LogP contribution in [0.3, 0.4) is 0 Å². The van der Waals surface area contributed by atoms with Crippen molar-refractivity contribution in [2.45, 2.75) is 18.7 Å². The van der Waals surface area contributed by atoms with E-state index in [4.69, 9.17) is 44.6 Å². The Morgan fingerprint density at radius 3 is 2.39 bits per heavy atom. The number of fused-ring (bicyclic) bond motifs is 3. The molecule has 2 aliphatic rings. The van der Waals surface area contributed by atoms with Crippen LogP contribution < -0.4 is 4.74 Å². The van der Waals surface area contributed by atoms with Gasteiger partial charge in [-0.15, -0.1) is 0 Å². The highest BCUT2D eigenvalue weighted by molar-refractivity contribution is 6.31. The van der Waals surface area contributed by atoms with E-state index in [1.165, 1.54) is 0 Å². The predicted octanol–water partition coefficient (Wildman–Crippen LogP) is 6.89. The Bertz CT molecular complexity index is 1080. The second-order valence-corrected chi connectivity index (χ2v) is 8.11. The topological polar surface area (TPSA) is 24.8 Å². The smallest absolute Gasteiger partial charge is 0.215 e. The number of halogens is 3. The fourth-order valence-corrected chi connectivity index (χ4v) is 4.29. The maximum atomic E-state index is 6.48. The molecule has 2 heterocycles. The van der Waals surface area contributed by atoms with Crippen LogP contribution in [-0.2, 0) is 0 Å². The van der Waals surface area contributed by atoms with E-state index in [9.17, 15) is 0 Å². The van der Waals surface area contributed by atoms with Crippen molar-refractivity contribution in [1.29, 1.82) is 0 Å². The number of ether oxygens (including phenoxy) is 1. The van der Waals surface area contributed by atoms with Gasteiger partial charge in [0.25, 0.3) is 0 Å². The van der Waals surface area contributed by atoms with Crippen molar-refractivity contribution in [3.63, 3.8) is 0 Å². The molecule has 0 aliphatic carbocycles. The van der Waals surface area contributed by atoms with Crippen LogP contribution in [0.15, 0.2) is 71.8 Å². The average Bonchev–Trinajstić information content (AvgIpc) is 3.14. The van der Waals surface area contributed by atoms with Crippen LogP contribution in [-0.4, -0.2) is 10.7 Å². The van der Waals surface area contributed by atoms with Gasteiger partial charge in [-0.2, -0.15) is 5.10 Å². The molecule has 0 N–H and O–H groups in total. The highest BCUT2D eigenvalue weighted by Crippen LogP contribution is 2.49. The van der Waals surface area contributed by atoms with Gasteiger partial charge in [0.15, 0.2) is 0 Å². The molecular weight excluding hydrogens is 415 g/mol. The standard InChI is InChI=1S/C22H15Cl3N2O/c23-14-7-5-13(6-8-14)19-12-20-17-11-15(24)9-10-21(17)28-22(27(20)26-19)16-3-1-2-4-18(16)25/h1-11,20,22H,12H2/t20-,22+/m0/s1. The van der Waals surface area contributed by atoms with Gasteiger partial charge in [0.2, 0.25) is 6.23 Å². The van der Waals surface area contributed by atoms with Crippen LogP contribution in [0.5, 0.6) is 5.75 Å². The van der Waals surface area contributed by atoms with Crippen molar-refractivity contribution in [2.75, 3.05) is 0 Å². The van der Waals surface area contributed by atoms with Crippen molar-refractivity contribution in [3.05, 3.63) is 98.5 Å². The Morgan fingerprint density at radius 2 is 1.61 bits per heavy atom. The predicted molar refractivity (Wildman–Crippen MR) is 113 cm³/mol. The molecule has 2 aliphatic heterocycles. The molecule has 3 nitrogen and oxygen atoms in total.